The van der Waals surface area contributed by atoms with E-state index in [1.807, 2.05) is 32.2 Å². The molecular weight excluding hydrogens is 284 g/mol. The van der Waals surface area contributed by atoms with Crippen LogP contribution in [0.25, 0.3) is 0 Å². The van der Waals surface area contributed by atoms with Crippen LogP contribution in [-0.4, -0.2) is 12.0 Å². The third-order valence-electron chi connectivity index (χ3n) is 3.37. The molecule has 4 heteroatoms. The molecule has 2 aromatic heterocycles. The van der Waals surface area contributed by atoms with Crippen molar-refractivity contribution in [3.63, 3.8) is 0 Å². The Bertz CT molecular complexity index is 613. The van der Waals surface area contributed by atoms with E-state index < -0.39 is 0 Å². The predicted octanol–water partition coefficient (Wildman–Crippen LogP) is 4.66. The van der Waals surface area contributed by atoms with Crippen molar-refractivity contribution >= 4 is 17.4 Å². The zero-order valence-corrected chi connectivity index (χ0v) is 14.2. The summed E-state index contributed by atoms with van der Waals surface area (Å²) in [5, 5.41) is 0. The summed E-state index contributed by atoms with van der Waals surface area (Å²) in [6.07, 6.45) is 0. The van der Waals surface area contributed by atoms with Gasteiger partial charge in [-0.25, -0.2) is 4.98 Å². The first-order valence-electron chi connectivity index (χ1n) is 7.13. The Kier molecular flexibility index (Phi) is 4.62. The normalized spacial score (nSPS) is 11.7. The fourth-order valence-electron chi connectivity index (χ4n) is 2.11. The Balaban J connectivity index is 2.29. The maximum absolute atomic E-state index is 6.02. The van der Waals surface area contributed by atoms with E-state index in [9.17, 15) is 0 Å². The van der Waals surface area contributed by atoms with Gasteiger partial charge < -0.3 is 9.32 Å². The number of aryl methyl sites for hydroxylation is 1. The van der Waals surface area contributed by atoms with E-state index in [1.54, 1.807) is 0 Å². The molecule has 2 rings (SSSR count). The summed E-state index contributed by atoms with van der Waals surface area (Å²) in [4.78, 5) is 6.87. The monoisotopic (exact) mass is 306 g/mol. The SMILES string of the molecule is Cc1ccc(CN(C)c2cc(CCl)cc(C(C)(C)C)n2)o1. The van der Waals surface area contributed by atoms with E-state index in [2.05, 4.69) is 31.7 Å². The Hall–Kier alpha value is -1.48. The van der Waals surface area contributed by atoms with Crippen molar-refractivity contribution in [2.75, 3.05) is 11.9 Å². The molecule has 0 aliphatic rings. The topological polar surface area (TPSA) is 29.3 Å². The molecule has 21 heavy (non-hydrogen) atoms. The predicted molar refractivity (Wildman–Crippen MR) is 88.0 cm³/mol. The first-order valence-corrected chi connectivity index (χ1v) is 7.67. The molecule has 0 saturated heterocycles. The maximum atomic E-state index is 6.02. The second kappa shape index (κ2) is 6.10. The van der Waals surface area contributed by atoms with Crippen LogP contribution in [0.4, 0.5) is 5.82 Å². The lowest BCUT2D eigenvalue weighted by Crippen LogP contribution is -2.21. The van der Waals surface area contributed by atoms with Gasteiger partial charge in [0.25, 0.3) is 0 Å². The second-order valence-corrected chi connectivity index (χ2v) is 6.74. The Morgan fingerprint density at radius 1 is 1.24 bits per heavy atom. The highest BCUT2D eigenvalue weighted by molar-refractivity contribution is 6.17. The summed E-state index contributed by atoms with van der Waals surface area (Å²) >= 11 is 6.02. The van der Waals surface area contributed by atoms with Gasteiger partial charge in [-0.3, -0.25) is 0 Å². The highest BCUT2D eigenvalue weighted by Crippen LogP contribution is 2.26. The van der Waals surface area contributed by atoms with Gasteiger partial charge in [-0.05, 0) is 36.8 Å². The minimum Gasteiger partial charge on any atom is -0.464 e. The maximum Gasteiger partial charge on any atom is 0.129 e. The number of halogens is 1. The number of pyridine rings is 1. The highest BCUT2D eigenvalue weighted by Gasteiger charge is 2.18. The number of rotatable bonds is 4. The van der Waals surface area contributed by atoms with Gasteiger partial charge in [0.05, 0.1) is 6.54 Å². The number of hydrogen-bond donors (Lipinski definition) is 0. The third-order valence-corrected chi connectivity index (χ3v) is 3.68. The largest absolute Gasteiger partial charge is 0.464 e. The molecule has 0 saturated carbocycles. The number of anilines is 1. The van der Waals surface area contributed by atoms with Gasteiger partial charge in [-0.2, -0.15) is 0 Å². The molecule has 2 heterocycles. The first kappa shape index (κ1) is 15.9. The van der Waals surface area contributed by atoms with Crippen LogP contribution in [0.2, 0.25) is 0 Å². The summed E-state index contributed by atoms with van der Waals surface area (Å²) in [5.74, 6) is 3.28. The summed E-state index contributed by atoms with van der Waals surface area (Å²) < 4.78 is 5.63. The van der Waals surface area contributed by atoms with Crippen molar-refractivity contribution in [3.05, 3.63) is 47.0 Å². The van der Waals surface area contributed by atoms with E-state index >= 15 is 0 Å². The molecule has 0 amide bonds. The van der Waals surface area contributed by atoms with Crippen LogP contribution < -0.4 is 4.90 Å². The van der Waals surface area contributed by atoms with E-state index in [-0.39, 0.29) is 5.41 Å². The average molecular weight is 307 g/mol. The molecule has 114 valence electrons. The third kappa shape index (κ3) is 4.01. The molecular formula is C17H23ClN2O. The molecule has 0 bridgehead atoms. The molecule has 2 aromatic rings. The quantitative estimate of drug-likeness (QED) is 0.770. The van der Waals surface area contributed by atoms with Gasteiger partial charge in [0.15, 0.2) is 0 Å². The molecule has 0 atom stereocenters. The number of alkyl halides is 1. The van der Waals surface area contributed by atoms with E-state index in [0.29, 0.717) is 12.4 Å². The van der Waals surface area contributed by atoms with Gasteiger partial charge in [-0.15, -0.1) is 11.6 Å². The van der Waals surface area contributed by atoms with E-state index in [0.717, 1.165) is 28.6 Å². The average Bonchev–Trinajstić information content (AvgIpc) is 2.82. The zero-order valence-electron chi connectivity index (χ0n) is 13.4. The van der Waals surface area contributed by atoms with Crippen LogP contribution in [0.1, 0.15) is 43.5 Å². The van der Waals surface area contributed by atoms with Gasteiger partial charge in [0.1, 0.15) is 17.3 Å². The Labute approximate surface area is 131 Å². The summed E-state index contributed by atoms with van der Waals surface area (Å²) in [7, 11) is 2.02. The van der Waals surface area contributed by atoms with Crippen molar-refractivity contribution < 1.29 is 4.42 Å². The smallest absolute Gasteiger partial charge is 0.129 e. The van der Waals surface area contributed by atoms with Gasteiger partial charge in [0, 0.05) is 24.0 Å². The van der Waals surface area contributed by atoms with Crippen molar-refractivity contribution in [2.24, 2.45) is 0 Å². The fourth-order valence-corrected chi connectivity index (χ4v) is 2.27. The van der Waals surface area contributed by atoms with Crippen LogP contribution in [0.15, 0.2) is 28.7 Å². The number of furan rings is 1. The number of aromatic nitrogens is 1. The van der Waals surface area contributed by atoms with Crippen LogP contribution >= 0.6 is 11.6 Å². The molecule has 0 fully saturated rings. The van der Waals surface area contributed by atoms with Crippen molar-refractivity contribution in [1.29, 1.82) is 0 Å². The Morgan fingerprint density at radius 2 is 1.95 bits per heavy atom. The molecule has 3 nitrogen and oxygen atoms in total. The highest BCUT2D eigenvalue weighted by atomic mass is 35.5. The van der Waals surface area contributed by atoms with Crippen molar-refractivity contribution in [1.82, 2.24) is 4.98 Å². The molecule has 0 unspecified atom stereocenters. The minimum atomic E-state index is -0.00106. The lowest BCUT2D eigenvalue weighted by molar-refractivity contribution is 0.481. The van der Waals surface area contributed by atoms with Gasteiger partial charge >= 0.3 is 0 Å². The summed E-state index contributed by atoms with van der Waals surface area (Å²) in [6, 6.07) is 8.10. The first-order chi connectivity index (χ1) is 9.79. The molecule has 0 aromatic carbocycles. The van der Waals surface area contributed by atoms with Gasteiger partial charge in [0.2, 0.25) is 0 Å². The number of nitrogens with zero attached hydrogens (tertiary/aromatic N) is 2. The van der Waals surface area contributed by atoms with E-state index in [4.69, 9.17) is 21.0 Å². The van der Waals surface area contributed by atoms with Crippen molar-refractivity contribution in [2.45, 2.75) is 45.5 Å². The lowest BCUT2D eigenvalue weighted by atomic mass is 9.91. The molecule has 0 N–H and O–H groups in total. The van der Waals surface area contributed by atoms with Crippen molar-refractivity contribution in [3.8, 4) is 0 Å². The van der Waals surface area contributed by atoms with E-state index in [1.165, 1.54) is 0 Å². The molecule has 0 radical (unpaired) electrons. The second-order valence-electron chi connectivity index (χ2n) is 6.47. The fraction of sp³-hybridized carbons (Fsp3) is 0.471. The standard InChI is InChI=1S/C17H23ClN2O/c1-12-6-7-14(21-12)11-20(5)16-9-13(10-18)8-15(19-16)17(2,3)4/h6-9H,10-11H2,1-5H3. The minimum absolute atomic E-state index is 0.00106. The summed E-state index contributed by atoms with van der Waals surface area (Å²) in [5.41, 5.74) is 2.14. The Morgan fingerprint density at radius 3 is 2.48 bits per heavy atom. The van der Waals surface area contributed by atoms with Crippen LogP contribution in [-0.2, 0) is 17.8 Å². The molecule has 0 aliphatic heterocycles. The van der Waals surface area contributed by atoms with Crippen LogP contribution in [0.5, 0.6) is 0 Å². The summed E-state index contributed by atoms with van der Waals surface area (Å²) in [6.45, 7) is 9.12. The zero-order chi connectivity index (χ0) is 15.6. The molecule has 0 aliphatic carbocycles. The van der Waals surface area contributed by atoms with Crippen LogP contribution in [0.3, 0.4) is 0 Å². The van der Waals surface area contributed by atoms with Gasteiger partial charge in [-0.1, -0.05) is 20.8 Å². The number of hydrogen-bond acceptors (Lipinski definition) is 3. The molecule has 0 spiro atoms. The van der Waals surface area contributed by atoms with Crippen LogP contribution in [0, 0.1) is 6.92 Å². The lowest BCUT2D eigenvalue weighted by Gasteiger charge is -2.23.